The predicted molar refractivity (Wildman–Crippen MR) is 87.1 cm³/mol. The van der Waals surface area contributed by atoms with E-state index < -0.39 is 9.84 Å². The van der Waals surface area contributed by atoms with Gasteiger partial charge in [-0.25, -0.2) is 18.4 Å². The molecule has 1 aliphatic rings. The van der Waals surface area contributed by atoms with E-state index in [4.69, 9.17) is 4.74 Å². The summed E-state index contributed by atoms with van der Waals surface area (Å²) in [5.74, 6) is 1.62. The number of hydrogen-bond acceptors (Lipinski definition) is 6. The Labute approximate surface area is 135 Å². The van der Waals surface area contributed by atoms with E-state index in [2.05, 4.69) is 15.3 Å². The average Bonchev–Trinajstić information content (AvgIpc) is 3.35. The predicted octanol–water partition coefficient (Wildman–Crippen LogP) is 2.28. The van der Waals surface area contributed by atoms with Crippen LogP contribution in [-0.2, 0) is 16.4 Å². The average molecular weight is 333 g/mol. The molecule has 1 saturated carbocycles. The number of nitrogens with zero attached hydrogens (tertiary/aromatic N) is 2. The number of hydrogen-bond donors (Lipinski definition) is 1. The summed E-state index contributed by atoms with van der Waals surface area (Å²) in [6.07, 6.45) is 6.89. The van der Waals surface area contributed by atoms with Gasteiger partial charge in [0, 0.05) is 31.3 Å². The van der Waals surface area contributed by atoms with Crippen LogP contribution in [0.5, 0.6) is 5.88 Å². The van der Waals surface area contributed by atoms with Crippen LogP contribution in [0.25, 0.3) is 0 Å². The van der Waals surface area contributed by atoms with Crippen molar-refractivity contribution < 1.29 is 13.2 Å². The van der Waals surface area contributed by atoms with Gasteiger partial charge in [-0.2, -0.15) is 0 Å². The van der Waals surface area contributed by atoms with Gasteiger partial charge in [0.05, 0.1) is 6.61 Å². The number of sulfone groups is 1. The van der Waals surface area contributed by atoms with Crippen molar-refractivity contribution in [1.82, 2.24) is 9.97 Å². The van der Waals surface area contributed by atoms with Crippen LogP contribution in [0.3, 0.4) is 0 Å². The van der Waals surface area contributed by atoms with Crippen LogP contribution in [0.4, 0.5) is 5.82 Å². The summed E-state index contributed by atoms with van der Waals surface area (Å²) in [7, 11) is -3.32. The van der Waals surface area contributed by atoms with E-state index >= 15 is 0 Å². The minimum absolute atomic E-state index is 0.194. The number of aromatic nitrogens is 2. The smallest absolute Gasteiger partial charge is 0.213 e. The fourth-order valence-corrected chi connectivity index (χ4v) is 2.94. The third kappa shape index (κ3) is 4.41. The Kier molecular flexibility index (Phi) is 4.47. The summed E-state index contributed by atoms with van der Waals surface area (Å²) in [6, 6.07) is 6.87. The third-order valence-corrected chi connectivity index (χ3v) is 4.72. The lowest BCUT2D eigenvalue weighted by molar-refractivity contribution is 0.288. The number of rotatable bonds is 7. The molecule has 2 aromatic heterocycles. The second-order valence-corrected chi connectivity index (χ2v) is 7.72. The Hall–Kier alpha value is -2.15. The largest absolute Gasteiger partial charge is 0.477 e. The first kappa shape index (κ1) is 15.7. The van der Waals surface area contributed by atoms with E-state index in [1.807, 2.05) is 12.1 Å². The maximum Gasteiger partial charge on any atom is 0.213 e. The Morgan fingerprint density at radius 1 is 1.26 bits per heavy atom. The maximum atomic E-state index is 11.8. The molecule has 0 atom stereocenters. The molecule has 1 N–H and O–H groups in total. The molecule has 122 valence electrons. The molecule has 23 heavy (non-hydrogen) atoms. The number of pyridine rings is 2. The van der Waals surface area contributed by atoms with Crippen LogP contribution < -0.4 is 10.1 Å². The van der Waals surface area contributed by atoms with Crippen LogP contribution in [-0.4, -0.2) is 31.2 Å². The zero-order valence-corrected chi connectivity index (χ0v) is 13.7. The Bertz CT molecular complexity index is 789. The van der Waals surface area contributed by atoms with Gasteiger partial charge in [-0.3, -0.25) is 0 Å². The zero-order valence-electron chi connectivity index (χ0n) is 12.9. The van der Waals surface area contributed by atoms with Crippen molar-refractivity contribution in [1.29, 1.82) is 0 Å². The molecule has 2 heterocycles. The van der Waals surface area contributed by atoms with Gasteiger partial charge in [-0.15, -0.1) is 0 Å². The summed E-state index contributed by atoms with van der Waals surface area (Å²) in [4.78, 5) is 8.50. The normalized spacial score (nSPS) is 14.5. The van der Waals surface area contributed by atoms with Crippen molar-refractivity contribution in [3.63, 3.8) is 0 Å². The summed E-state index contributed by atoms with van der Waals surface area (Å²) < 4.78 is 29.2. The van der Waals surface area contributed by atoms with Gasteiger partial charge in [0.2, 0.25) is 5.88 Å². The lowest BCUT2D eigenvalue weighted by Gasteiger charge is -2.10. The van der Waals surface area contributed by atoms with Crippen LogP contribution >= 0.6 is 0 Å². The maximum absolute atomic E-state index is 11.8. The molecular weight excluding hydrogens is 314 g/mol. The molecule has 0 bridgehead atoms. The Morgan fingerprint density at radius 3 is 2.83 bits per heavy atom. The lowest BCUT2D eigenvalue weighted by atomic mass is 10.2. The summed E-state index contributed by atoms with van der Waals surface area (Å²) in [5.41, 5.74) is 0.955. The van der Waals surface area contributed by atoms with Crippen LogP contribution in [0.15, 0.2) is 41.6 Å². The second kappa shape index (κ2) is 6.54. The lowest BCUT2D eigenvalue weighted by Crippen LogP contribution is -2.08. The van der Waals surface area contributed by atoms with Gasteiger partial charge in [0.25, 0.3) is 0 Å². The highest BCUT2D eigenvalue weighted by Gasteiger charge is 2.22. The number of anilines is 1. The molecular formula is C16H19N3O3S. The fraction of sp³-hybridized carbons (Fsp3) is 0.375. The first-order valence-electron chi connectivity index (χ1n) is 7.49. The zero-order chi connectivity index (χ0) is 16.3. The number of nitrogens with one attached hydrogen (secondary N) is 1. The van der Waals surface area contributed by atoms with Crippen molar-refractivity contribution in [3.05, 3.63) is 42.2 Å². The quantitative estimate of drug-likeness (QED) is 0.837. The minimum Gasteiger partial charge on any atom is -0.477 e. The van der Waals surface area contributed by atoms with Gasteiger partial charge >= 0.3 is 0 Å². The van der Waals surface area contributed by atoms with Crippen LogP contribution in [0.1, 0.15) is 18.4 Å². The molecule has 6 nitrogen and oxygen atoms in total. The highest BCUT2D eigenvalue weighted by molar-refractivity contribution is 7.90. The molecule has 0 radical (unpaired) electrons. The highest BCUT2D eigenvalue weighted by Crippen LogP contribution is 2.29. The molecule has 7 heteroatoms. The Morgan fingerprint density at radius 2 is 2.09 bits per heavy atom. The van der Waals surface area contributed by atoms with E-state index in [1.165, 1.54) is 19.1 Å². The van der Waals surface area contributed by atoms with Gasteiger partial charge < -0.3 is 10.1 Å². The van der Waals surface area contributed by atoms with Crippen molar-refractivity contribution in [2.24, 2.45) is 5.92 Å². The fourth-order valence-electron chi connectivity index (χ4n) is 2.14. The molecule has 3 rings (SSSR count). The van der Waals surface area contributed by atoms with E-state index in [-0.39, 0.29) is 4.90 Å². The second-order valence-electron chi connectivity index (χ2n) is 5.73. The third-order valence-electron chi connectivity index (χ3n) is 3.59. The SMILES string of the molecule is CS(=O)(=O)c1cccnc1NCc1ccnc(OCC2CC2)c1. The minimum atomic E-state index is -3.32. The molecule has 0 saturated heterocycles. The van der Waals surface area contributed by atoms with E-state index in [1.54, 1.807) is 24.5 Å². The molecule has 0 aromatic carbocycles. The van der Waals surface area contributed by atoms with Crippen molar-refractivity contribution in [2.45, 2.75) is 24.3 Å². The highest BCUT2D eigenvalue weighted by atomic mass is 32.2. The molecule has 0 aliphatic heterocycles. The molecule has 1 aliphatic carbocycles. The molecule has 0 spiro atoms. The van der Waals surface area contributed by atoms with E-state index in [9.17, 15) is 8.42 Å². The summed E-state index contributed by atoms with van der Waals surface area (Å²) in [5, 5.41) is 3.07. The van der Waals surface area contributed by atoms with E-state index in [0.717, 1.165) is 5.56 Å². The van der Waals surface area contributed by atoms with E-state index in [0.29, 0.717) is 30.8 Å². The molecule has 2 aromatic rings. The first-order chi connectivity index (χ1) is 11.0. The van der Waals surface area contributed by atoms with Gasteiger partial charge in [0.15, 0.2) is 9.84 Å². The van der Waals surface area contributed by atoms with Crippen LogP contribution in [0.2, 0.25) is 0 Å². The first-order valence-corrected chi connectivity index (χ1v) is 9.38. The molecule has 1 fully saturated rings. The summed E-state index contributed by atoms with van der Waals surface area (Å²) >= 11 is 0. The summed E-state index contributed by atoms with van der Waals surface area (Å²) in [6.45, 7) is 1.16. The van der Waals surface area contributed by atoms with Crippen molar-refractivity contribution >= 4 is 15.7 Å². The van der Waals surface area contributed by atoms with Crippen molar-refractivity contribution in [2.75, 3.05) is 18.2 Å². The molecule has 0 amide bonds. The monoisotopic (exact) mass is 333 g/mol. The van der Waals surface area contributed by atoms with Crippen molar-refractivity contribution in [3.8, 4) is 5.88 Å². The van der Waals surface area contributed by atoms with Gasteiger partial charge in [-0.05, 0) is 42.5 Å². The molecule has 0 unspecified atom stereocenters. The van der Waals surface area contributed by atoms with Crippen LogP contribution in [0, 0.1) is 5.92 Å². The number of ether oxygens (including phenoxy) is 1. The van der Waals surface area contributed by atoms with Gasteiger partial charge in [-0.1, -0.05) is 0 Å². The Balaban J connectivity index is 1.67. The topological polar surface area (TPSA) is 81.2 Å². The standard InChI is InChI=1S/C16H19N3O3S/c1-23(20,21)14-3-2-7-18-16(14)19-10-13-6-8-17-15(9-13)22-11-12-4-5-12/h2-3,6-9,12H,4-5,10-11H2,1H3,(H,18,19). The van der Waals surface area contributed by atoms with Gasteiger partial charge in [0.1, 0.15) is 10.7 Å².